The molecule has 0 aromatic heterocycles. The lowest BCUT2D eigenvalue weighted by molar-refractivity contribution is -0.138. The average Bonchev–Trinajstić information content (AvgIpc) is 2.77. The number of sulfonamides is 1. The SMILES string of the molecule is CC(C)c1cc(C(C)C)c(S(=O)(=O)NC(Cc2ccccc2C(N)=NO)C(=O)O)c(C(C)C)c1. The second-order valence-corrected chi connectivity index (χ2v) is 11.0. The minimum atomic E-state index is -4.20. The predicted octanol–water partition coefficient (Wildman–Crippen LogP) is 4.13. The molecule has 2 aromatic carbocycles. The first-order valence-corrected chi connectivity index (χ1v) is 12.8. The molecule has 5 N–H and O–H groups in total. The molecule has 2 rings (SSSR count). The van der Waals surface area contributed by atoms with Gasteiger partial charge in [0.05, 0.1) is 4.90 Å². The molecule has 0 aliphatic rings. The van der Waals surface area contributed by atoms with E-state index in [2.05, 4.69) is 23.7 Å². The zero-order valence-electron chi connectivity index (χ0n) is 20.5. The van der Waals surface area contributed by atoms with E-state index in [1.807, 2.05) is 39.8 Å². The zero-order valence-corrected chi connectivity index (χ0v) is 21.3. The smallest absolute Gasteiger partial charge is 0.322 e. The van der Waals surface area contributed by atoms with Gasteiger partial charge in [-0.3, -0.25) is 4.79 Å². The van der Waals surface area contributed by atoms with E-state index in [1.165, 1.54) is 0 Å². The van der Waals surface area contributed by atoms with Gasteiger partial charge in [-0.2, -0.15) is 4.72 Å². The lowest BCUT2D eigenvalue weighted by Gasteiger charge is -2.24. The number of carbonyl (C=O) groups is 1. The molecule has 1 unspecified atom stereocenters. The summed E-state index contributed by atoms with van der Waals surface area (Å²) in [6.07, 6.45) is -0.181. The summed E-state index contributed by atoms with van der Waals surface area (Å²) in [6.45, 7) is 11.8. The molecule has 8 nitrogen and oxygen atoms in total. The maximum atomic E-state index is 13.7. The number of nitrogens with zero attached hydrogens (tertiary/aromatic N) is 1. The minimum Gasteiger partial charge on any atom is -0.480 e. The van der Waals surface area contributed by atoms with Crippen LogP contribution in [-0.4, -0.2) is 36.6 Å². The standard InChI is InChI=1S/C25H35N3O5S/c1-14(2)18-11-20(15(3)4)23(21(12-18)16(5)6)34(32,33)28-22(25(29)30)13-17-9-7-8-10-19(17)24(26)27-31/h7-12,14-16,22,28,31H,13H2,1-6H3,(H2,26,27)(H,29,30). The van der Waals surface area contributed by atoms with Gasteiger partial charge in [-0.1, -0.05) is 83.1 Å². The number of rotatable bonds is 10. The van der Waals surface area contributed by atoms with E-state index in [9.17, 15) is 18.3 Å². The summed E-state index contributed by atoms with van der Waals surface area (Å²) in [7, 11) is -4.20. The lowest BCUT2D eigenvalue weighted by atomic mass is 9.89. The summed E-state index contributed by atoms with van der Waals surface area (Å²) in [5.41, 5.74) is 8.85. The number of benzene rings is 2. The molecule has 0 radical (unpaired) electrons. The first-order valence-electron chi connectivity index (χ1n) is 11.3. The van der Waals surface area contributed by atoms with Crippen molar-refractivity contribution < 1.29 is 23.5 Å². The third-order valence-corrected chi connectivity index (χ3v) is 7.37. The van der Waals surface area contributed by atoms with Gasteiger partial charge in [0, 0.05) is 12.0 Å². The molecule has 2 aromatic rings. The Balaban J connectivity index is 2.61. The maximum Gasteiger partial charge on any atom is 0.322 e. The largest absolute Gasteiger partial charge is 0.480 e. The number of nitrogens with two attached hydrogens (primary N) is 1. The summed E-state index contributed by atoms with van der Waals surface area (Å²) in [5.74, 6) is -1.48. The van der Waals surface area contributed by atoms with Gasteiger partial charge in [0.15, 0.2) is 5.84 Å². The number of carboxylic acids is 1. The number of nitrogens with one attached hydrogen (secondary N) is 1. The Kier molecular flexibility index (Phi) is 8.85. The first-order chi connectivity index (χ1) is 15.8. The van der Waals surface area contributed by atoms with Crippen LogP contribution in [0.5, 0.6) is 0 Å². The summed E-state index contributed by atoms with van der Waals surface area (Å²) < 4.78 is 29.8. The monoisotopic (exact) mass is 489 g/mol. The number of carboxylic acid groups (broad SMARTS) is 1. The third kappa shape index (κ3) is 6.15. The van der Waals surface area contributed by atoms with Crippen molar-refractivity contribution in [2.24, 2.45) is 10.9 Å². The van der Waals surface area contributed by atoms with Gasteiger partial charge in [-0.15, -0.1) is 0 Å². The van der Waals surface area contributed by atoms with Gasteiger partial charge in [-0.25, -0.2) is 8.42 Å². The molecule has 0 saturated heterocycles. The second-order valence-electron chi connectivity index (χ2n) is 9.35. The molecule has 9 heteroatoms. The van der Waals surface area contributed by atoms with E-state index in [1.54, 1.807) is 24.3 Å². The molecule has 0 heterocycles. The van der Waals surface area contributed by atoms with Crippen molar-refractivity contribution in [3.63, 3.8) is 0 Å². The Morgan fingerprint density at radius 1 is 1.00 bits per heavy atom. The quantitative estimate of drug-likeness (QED) is 0.171. The topological polar surface area (TPSA) is 142 Å². The normalized spacial score (nSPS) is 13.6. The highest BCUT2D eigenvalue weighted by molar-refractivity contribution is 7.89. The van der Waals surface area contributed by atoms with Gasteiger partial charge in [0.2, 0.25) is 10.0 Å². The fourth-order valence-corrected chi connectivity index (χ4v) is 5.73. The highest BCUT2D eigenvalue weighted by atomic mass is 32.2. The molecule has 0 spiro atoms. The van der Waals surface area contributed by atoms with Crippen LogP contribution in [0.15, 0.2) is 46.4 Å². The Hall–Kier alpha value is -2.91. The molecule has 0 fully saturated rings. The molecule has 0 aliphatic carbocycles. The Morgan fingerprint density at radius 3 is 1.97 bits per heavy atom. The Bertz CT molecular complexity index is 1140. The fraction of sp³-hybridized carbons (Fsp3) is 0.440. The summed E-state index contributed by atoms with van der Waals surface area (Å²) >= 11 is 0. The van der Waals surface area contributed by atoms with Crippen LogP contribution in [0.2, 0.25) is 0 Å². The molecule has 1 atom stereocenters. The van der Waals surface area contributed by atoms with Crippen LogP contribution in [0.3, 0.4) is 0 Å². The Morgan fingerprint density at radius 2 is 1.53 bits per heavy atom. The van der Waals surface area contributed by atoms with Crippen LogP contribution in [0, 0.1) is 0 Å². The molecule has 0 amide bonds. The number of oxime groups is 1. The van der Waals surface area contributed by atoms with E-state index < -0.39 is 22.0 Å². The minimum absolute atomic E-state index is 0.0904. The summed E-state index contributed by atoms with van der Waals surface area (Å²) in [5, 5.41) is 21.9. The number of hydrogen-bond acceptors (Lipinski definition) is 5. The zero-order chi connectivity index (χ0) is 25.8. The summed E-state index contributed by atoms with van der Waals surface area (Å²) in [4.78, 5) is 12.2. The van der Waals surface area contributed by atoms with E-state index >= 15 is 0 Å². The van der Waals surface area contributed by atoms with E-state index in [0.717, 1.165) is 5.56 Å². The molecule has 34 heavy (non-hydrogen) atoms. The average molecular weight is 490 g/mol. The van der Waals surface area contributed by atoms with Crippen molar-refractivity contribution in [3.8, 4) is 0 Å². The van der Waals surface area contributed by atoms with Gasteiger partial charge in [-0.05, 0) is 40.0 Å². The molecular formula is C25H35N3O5S. The number of hydrogen-bond donors (Lipinski definition) is 4. The van der Waals surface area contributed by atoms with Crippen LogP contribution in [0.25, 0.3) is 0 Å². The fourth-order valence-electron chi connectivity index (χ4n) is 3.85. The van der Waals surface area contributed by atoms with Gasteiger partial charge in [0.1, 0.15) is 6.04 Å². The predicted molar refractivity (Wildman–Crippen MR) is 133 cm³/mol. The van der Waals surface area contributed by atoms with Crippen molar-refractivity contribution in [2.75, 3.05) is 0 Å². The number of aliphatic carboxylic acids is 1. The summed E-state index contributed by atoms with van der Waals surface area (Å²) in [6, 6.07) is 8.89. The van der Waals surface area contributed by atoms with E-state index in [-0.39, 0.29) is 34.9 Å². The van der Waals surface area contributed by atoms with Gasteiger partial charge in [0.25, 0.3) is 0 Å². The second kappa shape index (κ2) is 11.0. The van der Waals surface area contributed by atoms with Crippen LogP contribution < -0.4 is 10.5 Å². The first kappa shape index (κ1) is 27.3. The molecule has 186 valence electrons. The van der Waals surface area contributed by atoms with Crippen molar-refractivity contribution in [1.29, 1.82) is 0 Å². The van der Waals surface area contributed by atoms with E-state index in [0.29, 0.717) is 22.3 Å². The molecular weight excluding hydrogens is 454 g/mol. The molecule has 0 saturated carbocycles. The van der Waals surface area contributed by atoms with Crippen LogP contribution >= 0.6 is 0 Å². The molecule has 0 aliphatic heterocycles. The van der Waals surface area contributed by atoms with Crippen LogP contribution in [0.4, 0.5) is 0 Å². The maximum absolute atomic E-state index is 13.7. The van der Waals surface area contributed by atoms with E-state index in [4.69, 9.17) is 10.9 Å². The van der Waals surface area contributed by atoms with Crippen molar-refractivity contribution in [3.05, 3.63) is 64.2 Å². The number of amidine groups is 1. The lowest BCUT2D eigenvalue weighted by Crippen LogP contribution is -2.43. The van der Waals surface area contributed by atoms with Crippen LogP contribution in [-0.2, 0) is 21.2 Å². The van der Waals surface area contributed by atoms with Crippen molar-refractivity contribution >= 4 is 21.8 Å². The highest BCUT2D eigenvalue weighted by Gasteiger charge is 2.32. The third-order valence-electron chi connectivity index (χ3n) is 5.77. The van der Waals surface area contributed by atoms with Crippen LogP contribution in [0.1, 0.15) is 87.1 Å². The Labute approximate surface area is 201 Å². The van der Waals surface area contributed by atoms with Gasteiger partial charge >= 0.3 is 5.97 Å². The highest BCUT2D eigenvalue weighted by Crippen LogP contribution is 2.35. The van der Waals surface area contributed by atoms with Gasteiger partial charge < -0.3 is 16.0 Å². The molecule has 0 bridgehead atoms. The van der Waals surface area contributed by atoms with Crippen molar-refractivity contribution in [2.45, 2.75) is 76.7 Å². The van der Waals surface area contributed by atoms with Crippen molar-refractivity contribution in [1.82, 2.24) is 4.72 Å².